The summed E-state index contributed by atoms with van der Waals surface area (Å²) in [4.78, 5) is 44.1. The van der Waals surface area contributed by atoms with Crippen LogP contribution in [0.4, 0.5) is 9.59 Å². The van der Waals surface area contributed by atoms with E-state index in [0.717, 1.165) is 5.71 Å². The SMILES string of the molecule is CC(C)(C)OC(=O)[N+]1(C(=O)OC(C)(C)C)CC(=O)C2C(C1)N=C1C=CC=CC12. The monoisotopic (exact) mass is 389 g/mol. The number of ether oxygens (including phenoxy) is 2. The van der Waals surface area contributed by atoms with E-state index in [-0.39, 0.29) is 30.7 Å². The van der Waals surface area contributed by atoms with E-state index in [2.05, 4.69) is 4.99 Å². The molecule has 3 atom stereocenters. The molecule has 7 nitrogen and oxygen atoms in total. The Morgan fingerprint density at radius 3 is 2.14 bits per heavy atom. The van der Waals surface area contributed by atoms with E-state index < -0.39 is 33.9 Å². The van der Waals surface area contributed by atoms with Gasteiger partial charge in [0.25, 0.3) is 0 Å². The van der Waals surface area contributed by atoms with E-state index in [1.165, 1.54) is 0 Å². The molecule has 3 unspecified atom stereocenters. The molecule has 3 aliphatic rings. The smallest absolute Gasteiger partial charge is 0.414 e. The number of quaternary nitrogens is 1. The lowest BCUT2D eigenvalue weighted by molar-refractivity contribution is -0.784. The fourth-order valence-electron chi connectivity index (χ4n) is 3.87. The van der Waals surface area contributed by atoms with Crippen molar-refractivity contribution in [1.29, 1.82) is 0 Å². The van der Waals surface area contributed by atoms with E-state index in [1.807, 2.05) is 24.3 Å². The number of hydrogen-bond donors (Lipinski definition) is 0. The summed E-state index contributed by atoms with van der Waals surface area (Å²) in [5.41, 5.74) is -0.782. The van der Waals surface area contributed by atoms with Gasteiger partial charge in [0.15, 0.2) is 12.3 Å². The number of rotatable bonds is 0. The lowest BCUT2D eigenvalue weighted by atomic mass is 9.79. The number of hydrogen-bond acceptors (Lipinski definition) is 6. The first-order valence-corrected chi connectivity index (χ1v) is 9.62. The number of nitrogens with zero attached hydrogens (tertiary/aromatic N) is 2. The van der Waals surface area contributed by atoms with E-state index in [0.29, 0.717) is 0 Å². The second-order valence-electron chi connectivity index (χ2n) is 9.65. The van der Waals surface area contributed by atoms with Crippen molar-refractivity contribution in [1.82, 2.24) is 0 Å². The molecule has 0 spiro atoms. The van der Waals surface area contributed by atoms with Crippen LogP contribution in [0.2, 0.25) is 0 Å². The third-order valence-electron chi connectivity index (χ3n) is 4.94. The molecule has 28 heavy (non-hydrogen) atoms. The molecule has 2 aliphatic heterocycles. The van der Waals surface area contributed by atoms with Crippen LogP contribution in [0.15, 0.2) is 29.3 Å². The van der Waals surface area contributed by atoms with Crippen LogP contribution in [0.3, 0.4) is 0 Å². The zero-order chi connectivity index (χ0) is 20.9. The van der Waals surface area contributed by atoms with E-state index in [9.17, 15) is 14.4 Å². The zero-order valence-electron chi connectivity index (χ0n) is 17.4. The van der Waals surface area contributed by atoms with Crippen molar-refractivity contribution < 1.29 is 28.3 Å². The van der Waals surface area contributed by atoms with Gasteiger partial charge in [0.1, 0.15) is 23.8 Å². The van der Waals surface area contributed by atoms with Crippen molar-refractivity contribution in [3.8, 4) is 0 Å². The van der Waals surface area contributed by atoms with Crippen LogP contribution in [0.1, 0.15) is 41.5 Å². The average Bonchev–Trinajstić information content (AvgIpc) is 2.89. The molecule has 2 amide bonds. The van der Waals surface area contributed by atoms with Gasteiger partial charge in [-0.3, -0.25) is 9.79 Å². The summed E-state index contributed by atoms with van der Waals surface area (Å²) in [5.74, 6) is -0.619. The van der Waals surface area contributed by atoms with Crippen LogP contribution >= 0.6 is 0 Å². The molecule has 0 aromatic rings. The van der Waals surface area contributed by atoms with Gasteiger partial charge in [-0.05, 0) is 47.6 Å². The molecule has 0 aromatic carbocycles. The highest BCUT2D eigenvalue weighted by Crippen LogP contribution is 2.39. The lowest BCUT2D eigenvalue weighted by Gasteiger charge is -2.40. The largest absolute Gasteiger partial charge is 0.527 e. The van der Waals surface area contributed by atoms with Crippen molar-refractivity contribution in [2.45, 2.75) is 58.8 Å². The molecule has 152 valence electrons. The predicted molar refractivity (Wildman–Crippen MR) is 104 cm³/mol. The topological polar surface area (TPSA) is 82.0 Å². The number of aliphatic imine (C=N–C) groups is 1. The van der Waals surface area contributed by atoms with Crippen molar-refractivity contribution in [2.75, 3.05) is 13.1 Å². The maximum Gasteiger partial charge on any atom is 0.527 e. The molecule has 0 aromatic heterocycles. The first-order chi connectivity index (χ1) is 12.8. The van der Waals surface area contributed by atoms with Crippen LogP contribution in [-0.2, 0) is 14.3 Å². The second kappa shape index (κ2) is 6.65. The average molecular weight is 389 g/mol. The molecule has 7 heteroatoms. The van der Waals surface area contributed by atoms with Crippen LogP contribution in [0.25, 0.3) is 0 Å². The Morgan fingerprint density at radius 2 is 1.61 bits per heavy atom. The highest BCUT2D eigenvalue weighted by Gasteiger charge is 2.61. The van der Waals surface area contributed by atoms with Crippen molar-refractivity contribution >= 4 is 23.7 Å². The Balaban J connectivity index is 1.98. The normalized spacial score (nSPS) is 28.3. The first kappa shape index (κ1) is 20.5. The van der Waals surface area contributed by atoms with E-state index in [1.54, 1.807) is 41.5 Å². The molecule has 1 fully saturated rings. The minimum absolute atomic E-state index is 0.0575. The van der Waals surface area contributed by atoms with Crippen LogP contribution in [0, 0.1) is 11.8 Å². The number of carbonyl (C=O) groups is 3. The molecule has 1 aliphatic carbocycles. The Hall–Kier alpha value is -2.28. The summed E-state index contributed by atoms with van der Waals surface area (Å²) >= 11 is 0. The Bertz CT molecular complexity index is 767. The minimum Gasteiger partial charge on any atom is -0.414 e. The number of likely N-dealkylation sites (tertiary alicyclic amines) is 1. The number of Topliss-reactive ketones (excluding diaryl/α,β-unsaturated/α-hetero) is 1. The molecule has 0 saturated carbocycles. The number of fused-ring (bicyclic) bond motifs is 3. The minimum atomic E-state index is -0.814. The summed E-state index contributed by atoms with van der Waals surface area (Å²) in [7, 11) is 0. The lowest BCUT2D eigenvalue weighted by Crippen LogP contribution is -2.68. The number of allylic oxidation sites excluding steroid dienone is 4. The summed E-state index contributed by atoms with van der Waals surface area (Å²) in [6.45, 7) is 10.1. The van der Waals surface area contributed by atoms with Gasteiger partial charge in [0, 0.05) is 11.6 Å². The molecular formula is C21H29N2O5+. The first-order valence-electron chi connectivity index (χ1n) is 9.62. The number of ketones is 1. The number of carbonyl (C=O) groups excluding carboxylic acids is 3. The Morgan fingerprint density at radius 1 is 1.04 bits per heavy atom. The van der Waals surface area contributed by atoms with Crippen LogP contribution in [0.5, 0.6) is 0 Å². The Kier molecular flexibility index (Phi) is 4.86. The van der Waals surface area contributed by atoms with Gasteiger partial charge in [-0.25, -0.2) is 0 Å². The number of amides is 2. The quantitative estimate of drug-likeness (QED) is 0.593. The summed E-state index contributed by atoms with van der Waals surface area (Å²) in [5, 5.41) is 0. The van der Waals surface area contributed by atoms with Gasteiger partial charge in [0.2, 0.25) is 0 Å². The number of piperidine rings is 1. The summed E-state index contributed by atoms with van der Waals surface area (Å²) in [6.07, 6.45) is 6.08. The van der Waals surface area contributed by atoms with Gasteiger partial charge < -0.3 is 9.47 Å². The van der Waals surface area contributed by atoms with Crippen LogP contribution in [-0.4, -0.2) is 58.5 Å². The van der Waals surface area contributed by atoms with E-state index >= 15 is 0 Å². The second-order valence-corrected chi connectivity index (χ2v) is 9.65. The van der Waals surface area contributed by atoms with Gasteiger partial charge in [-0.1, -0.05) is 18.2 Å². The molecule has 0 N–H and O–H groups in total. The standard InChI is InChI=1S/C21H29N2O5/c1-20(2,3)27-18(25)23(19(26)28-21(4,5)6)11-15-17(16(24)12-23)13-9-7-8-10-14(13)22-15/h7-10,13,15,17H,11-12H2,1-6H3/q+1. The van der Waals surface area contributed by atoms with Crippen molar-refractivity contribution in [3.63, 3.8) is 0 Å². The molecular weight excluding hydrogens is 360 g/mol. The maximum atomic E-state index is 13.1. The zero-order valence-corrected chi connectivity index (χ0v) is 17.4. The van der Waals surface area contributed by atoms with Crippen LogP contribution < -0.4 is 0 Å². The third-order valence-corrected chi connectivity index (χ3v) is 4.94. The van der Waals surface area contributed by atoms with Gasteiger partial charge >= 0.3 is 12.2 Å². The van der Waals surface area contributed by atoms with Crippen molar-refractivity contribution in [3.05, 3.63) is 24.3 Å². The fraction of sp³-hybridized carbons (Fsp3) is 0.619. The molecule has 3 rings (SSSR count). The molecule has 0 bridgehead atoms. The molecule has 0 radical (unpaired) electrons. The Labute approximate surface area is 165 Å². The fourth-order valence-corrected chi connectivity index (χ4v) is 3.87. The van der Waals surface area contributed by atoms with Gasteiger partial charge in [0.05, 0.1) is 5.92 Å². The predicted octanol–water partition coefficient (Wildman–Crippen LogP) is 3.44. The maximum absolute atomic E-state index is 13.1. The molecule has 2 heterocycles. The highest BCUT2D eigenvalue weighted by atomic mass is 16.6. The van der Waals surface area contributed by atoms with Gasteiger partial charge in [-0.15, -0.1) is 4.48 Å². The summed E-state index contributed by atoms with van der Waals surface area (Å²) < 4.78 is 10.3. The number of imide groups is 1. The van der Waals surface area contributed by atoms with Crippen molar-refractivity contribution in [2.24, 2.45) is 16.8 Å². The summed E-state index contributed by atoms with van der Waals surface area (Å²) in [6, 6.07) is -0.464. The molecule has 1 saturated heterocycles. The van der Waals surface area contributed by atoms with Gasteiger partial charge in [-0.2, -0.15) is 9.59 Å². The third kappa shape index (κ3) is 3.81. The highest BCUT2D eigenvalue weighted by molar-refractivity contribution is 6.05. The van der Waals surface area contributed by atoms with E-state index in [4.69, 9.17) is 9.47 Å².